The molecule has 98 valence electrons. The molecule has 3 aliphatic rings. The van der Waals surface area contributed by atoms with Crippen molar-refractivity contribution in [3.63, 3.8) is 0 Å². The van der Waals surface area contributed by atoms with Crippen LogP contribution in [0.2, 0.25) is 0 Å². The summed E-state index contributed by atoms with van der Waals surface area (Å²) in [6.07, 6.45) is 8.58. The van der Waals surface area contributed by atoms with Gasteiger partial charge in [0.25, 0.3) is 0 Å². The summed E-state index contributed by atoms with van der Waals surface area (Å²) in [6.45, 7) is 2.96. The van der Waals surface area contributed by atoms with Crippen molar-refractivity contribution in [1.29, 1.82) is 0 Å². The van der Waals surface area contributed by atoms with Crippen LogP contribution in [0.15, 0.2) is 0 Å². The van der Waals surface area contributed by atoms with Crippen molar-refractivity contribution in [3.05, 3.63) is 0 Å². The second-order valence-corrected chi connectivity index (χ2v) is 6.13. The van der Waals surface area contributed by atoms with Crippen LogP contribution in [0.3, 0.4) is 0 Å². The molecule has 3 rings (SSSR count). The monoisotopic (exact) mass is 238 g/mol. The Hall–Kier alpha value is -0.120. The van der Waals surface area contributed by atoms with Gasteiger partial charge in [0, 0.05) is 30.8 Å². The van der Waals surface area contributed by atoms with Gasteiger partial charge in [0.05, 0.1) is 6.10 Å². The molecule has 2 aliphatic heterocycles. The quantitative estimate of drug-likeness (QED) is 0.808. The zero-order valence-corrected chi connectivity index (χ0v) is 11.2. The first-order valence-corrected chi connectivity index (χ1v) is 7.35. The van der Waals surface area contributed by atoms with Crippen LogP contribution in [0.4, 0.5) is 0 Å². The highest BCUT2D eigenvalue weighted by Gasteiger charge is 2.40. The highest BCUT2D eigenvalue weighted by Crippen LogP contribution is 2.35. The highest BCUT2D eigenvalue weighted by atomic mass is 16.5. The van der Waals surface area contributed by atoms with Gasteiger partial charge >= 0.3 is 0 Å². The van der Waals surface area contributed by atoms with Gasteiger partial charge in [0.15, 0.2) is 0 Å². The summed E-state index contributed by atoms with van der Waals surface area (Å²) in [4.78, 5) is 2.61. The second-order valence-electron chi connectivity index (χ2n) is 6.13. The van der Waals surface area contributed by atoms with Gasteiger partial charge in [-0.2, -0.15) is 0 Å². The fraction of sp³-hybridized carbons (Fsp3) is 1.00. The summed E-state index contributed by atoms with van der Waals surface area (Å²) in [6, 6.07) is 3.22. The molecule has 1 N–H and O–H groups in total. The maximum absolute atomic E-state index is 5.62. The van der Waals surface area contributed by atoms with E-state index in [0.29, 0.717) is 6.10 Å². The molecule has 2 unspecified atom stereocenters. The van der Waals surface area contributed by atoms with E-state index in [4.69, 9.17) is 4.74 Å². The van der Waals surface area contributed by atoms with Crippen molar-refractivity contribution in [2.75, 3.05) is 13.7 Å². The Kier molecular flexibility index (Phi) is 3.42. The van der Waals surface area contributed by atoms with E-state index in [1.54, 1.807) is 0 Å². The number of hydrogen-bond donors (Lipinski definition) is 1. The van der Waals surface area contributed by atoms with Gasteiger partial charge in [-0.3, -0.25) is 0 Å². The molecule has 1 saturated carbocycles. The van der Waals surface area contributed by atoms with E-state index in [1.807, 2.05) is 0 Å². The molecule has 0 aromatic heterocycles. The Labute approximate surface area is 105 Å². The molecule has 3 heteroatoms. The van der Waals surface area contributed by atoms with E-state index < -0.39 is 0 Å². The van der Waals surface area contributed by atoms with Crippen LogP contribution >= 0.6 is 0 Å². The number of hydrogen-bond acceptors (Lipinski definition) is 3. The summed E-state index contributed by atoms with van der Waals surface area (Å²) in [5.41, 5.74) is 0. The SMILES string of the molecule is CCOC1CC(NC2CC3CCC(C2)N3C)C1. The zero-order valence-electron chi connectivity index (χ0n) is 11.2. The van der Waals surface area contributed by atoms with Crippen LogP contribution in [-0.4, -0.2) is 48.8 Å². The predicted octanol–water partition coefficient (Wildman–Crippen LogP) is 1.77. The first-order chi connectivity index (χ1) is 8.26. The molecular weight excluding hydrogens is 212 g/mol. The van der Waals surface area contributed by atoms with E-state index in [-0.39, 0.29) is 0 Å². The molecular formula is C14H26N2O. The van der Waals surface area contributed by atoms with Crippen molar-refractivity contribution in [2.45, 2.75) is 75.7 Å². The van der Waals surface area contributed by atoms with Gasteiger partial charge in [-0.05, 0) is 52.5 Å². The molecule has 2 heterocycles. The van der Waals surface area contributed by atoms with Gasteiger partial charge < -0.3 is 15.0 Å². The molecule has 0 spiro atoms. The molecule has 2 atom stereocenters. The van der Waals surface area contributed by atoms with Gasteiger partial charge in [0.1, 0.15) is 0 Å². The average Bonchev–Trinajstić information content (AvgIpc) is 2.51. The third-order valence-corrected chi connectivity index (χ3v) is 5.07. The molecule has 0 radical (unpaired) electrons. The summed E-state index contributed by atoms with van der Waals surface area (Å²) in [7, 11) is 2.31. The third-order valence-electron chi connectivity index (χ3n) is 5.07. The molecule has 2 saturated heterocycles. The molecule has 0 aromatic carbocycles. The van der Waals surface area contributed by atoms with E-state index in [2.05, 4.69) is 24.2 Å². The van der Waals surface area contributed by atoms with E-state index in [1.165, 1.54) is 38.5 Å². The minimum absolute atomic E-state index is 0.542. The minimum atomic E-state index is 0.542. The molecule has 1 aliphatic carbocycles. The van der Waals surface area contributed by atoms with Gasteiger partial charge in [-0.15, -0.1) is 0 Å². The van der Waals surface area contributed by atoms with Crippen molar-refractivity contribution >= 4 is 0 Å². The second kappa shape index (κ2) is 4.87. The van der Waals surface area contributed by atoms with E-state index in [0.717, 1.165) is 30.8 Å². The lowest BCUT2D eigenvalue weighted by Gasteiger charge is -2.42. The number of ether oxygens (including phenoxy) is 1. The Morgan fingerprint density at radius 3 is 2.24 bits per heavy atom. The third kappa shape index (κ3) is 2.38. The van der Waals surface area contributed by atoms with Crippen LogP contribution in [0, 0.1) is 0 Å². The lowest BCUT2D eigenvalue weighted by Crippen LogP contribution is -2.54. The first-order valence-electron chi connectivity index (χ1n) is 7.35. The predicted molar refractivity (Wildman–Crippen MR) is 69.2 cm³/mol. The standard InChI is InChI=1S/C14H26N2O/c1-3-17-14-8-11(9-14)15-10-6-12-4-5-13(7-10)16(12)2/h10-15H,3-9H2,1-2H3. The van der Waals surface area contributed by atoms with Gasteiger partial charge in [-0.1, -0.05) is 0 Å². The molecule has 3 nitrogen and oxygen atoms in total. The first kappa shape index (κ1) is 11.9. The Balaban J connectivity index is 1.43. The maximum atomic E-state index is 5.62. The van der Waals surface area contributed by atoms with Crippen LogP contribution in [0.1, 0.15) is 45.4 Å². The number of fused-ring (bicyclic) bond motifs is 2. The van der Waals surface area contributed by atoms with Crippen LogP contribution < -0.4 is 5.32 Å². The highest BCUT2D eigenvalue weighted by molar-refractivity contribution is 4.98. The van der Waals surface area contributed by atoms with Crippen molar-refractivity contribution in [3.8, 4) is 0 Å². The molecule has 17 heavy (non-hydrogen) atoms. The summed E-state index contributed by atoms with van der Waals surface area (Å²) in [5.74, 6) is 0. The Morgan fingerprint density at radius 1 is 1.06 bits per heavy atom. The topological polar surface area (TPSA) is 24.5 Å². The number of nitrogens with one attached hydrogen (secondary N) is 1. The smallest absolute Gasteiger partial charge is 0.0604 e. The average molecular weight is 238 g/mol. The molecule has 2 bridgehead atoms. The zero-order chi connectivity index (χ0) is 11.8. The summed E-state index contributed by atoms with van der Waals surface area (Å²) in [5, 5.41) is 3.86. The fourth-order valence-electron chi connectivity index (χ4n) is 3.95. The fourth-order valence-corrected chi connectivity index (χ4v) is 3.95. The van der Waals surface area contributed by atoms with Crippen LogP contribution in [-0.2, 0) is 4.74 Å². The summed E-state index contributed by atoms with van der Waals surface area (Å²) < 4.78 is 5.62. The minimum Gasteiger partial charge on any atom is -0.378 e. The number of piperidine rings is 1. The van der Waals surface area contributed by atoms with Crippen molar-refractivity contribution in [1.82, 2.24) is 10.2 Å². The number of rotatable bonds is 4. The van der Waals surface area contributed by atoms with E-state index in [9.17, 15) is 0 Å². The van der Waals surface area contributed by atoms with Crippen molar-refractivity contribution in [2.24, 2.45) is 0 Å². The lowest BCUT2D eigenvalue weighted by molar-refractivity contribution is -0.0155. The largest absolute Gasteiger partial charge is 0.378 e. The molecule has 0 aromatic rings. The lowest BCUT2D eigenvalue weighted by atomic mass is 9.87. The number of nitrogens with zero attached hydrogens (tertiary/aromatic N) is 1. The van der Waals surface area contributed by atoms with Crippen LogP contribution in [0.5, 0.6) is 0 Å². The van der Waals surface area contributed by atoms with Gasteiger partial charge in [0.2, 0.25) is 0 Å². The van der Waals surface area contributed by atoms with Crippen LogP contribution in [0.25, 0.3) is 0 Å². The van der Waals surface area contributed by atoms with E-state index >= 15 is 0 Å². The maximum Gasteiger partial charge on any atom is 0.0604 e. The summed E-state index contributed by atoms with van der Waals surface area (Å²) >= 11 is 0. The molecule has 0 amide bonds. The van der Waals surface area contributed by atoms with Gasteiger partial charge in [-0.25, -0.2) is 0 Å². The normalized spacial score (nSPS) is 45.9. The Morgan fingerprint density at radius 2 is 1.65 bits per heavy atom. The van der Waals surface area contributed by atoms with Crippen molar-refractivity contribution < 1.29 is 4.74 Å². The Bertz CT molecular complexity index is 251. The molecule has 3 fully saturated rings.